The Morgan fingerprint density at radius 1 is 1.00 bits per heavy atom. The van der Waals surface area contributed by atoms with Crippen LogP contribution >= 0.6 is 0 Å². The van der Waals surface area contributed by atoms with Gasteiger partial charge in [-0.25, -0.2) is 5.43 Å². The van der Waals surface area contributed by atoms with Crippen molar-refractivity contribution < 1.29 is 23.5 Å². The minimum atomic E-state index is -0.369. The molecule has 0 saturated carbocycles. The number of benzene rings is 2. The minimum absolute atomic E-state index is 0.222. The molecule has 3 aromatic rings. The molecule has 33 heavy (non-hydrogen) atoms. The summed E-state index contributed by atoms with van der Waals surface area (Å²) < 4.78 is 16.4. The molecule has 8 nitrogen and oxygen atoms in total. The predicted molar refractivity (Wildman–Crippen MR) is 124 cm³/mol. The molecule has 0 bridgehead atoms. The predicted octanol–water partition coefficient (Wildman–Crippen LogP) is 4.33. The summed E-state index contributed by atoms with van der Waals surface area (Å²) in [6, 6.07) is 14.0. The first-order valence-corrected chi connectivity index (χ1v) is 10.6. The first kappa shape index (κ1) is 22.1. The van der Waals surface area contributed by atoms with E-state index in [-0.39, 0.29) is 17.6 Å². The fourth-order valence-electron chi connectivity index (χ4n) is 3.87. The highest BCUT2D eigenvalue weighted by atomic mass is 16.5. The zero-order valence-corrected chi connectivity index (χ0v) is 18.7. The number of nitrogens with one attached hydrogen (secondary N) is 2. The maximum atomic E-state index is 13.0. The van der Waals surface area contributed by atoms with Crippen LogP contribution in [0.4, 0.5) is 5.69 Å². The summed E-state index contributed by atoms with van der Waals surface area (Å²) in [7, 11) is 3.09. The number of para-hydroxylation sites is 2. The van der Waals surface area contributed by atoms with Crippen LogP contribution < -0.4 is 20.2 Å². The van der Waals surface area contributed by atoms with Gasteiger partial charge in [0.2, 0.25) is 0 Å². The SMILES string of the molecule is COc1cccc(C(=O)N/N=C2\CCCc3oc(C(=O)Nc4ccccc4OC)c(C)c32)c1. The maximum Gasteiger partial charge on any atom is 0.291 e. The number of nitrogens with zero attached hydrogens (tertiary/aromatic N) is 1. The van der Waals surface area contributed by atoms with Crippen molar-refractivity contribution in [3.8, 4) is 11.5 Å². The van der Waals surface area contributed by atoms with E-state index in [4.69, 9.17) is 13.9 Å². The number of methoxy groups -OCH3 is 2. The Morgan fingerprint density at radius 2 is 1.82 bits per heavy atom. The summed E-state index contributed by atoms with van der Waals surface area (Å²) >= 11 is 0. The van der Waals surface area contributed by atoms with E-state index in [0.717, 1.165) is 12.0 Å². The lowest BCUT2D eigenvalue weighted by atomic mass is 9.93. The van der Waals surface area contributed by atoms with Gasteiger partial charge in [0.25, 0.3) is 11.8 Å². The molecule has 2 aromatic carbocycles. The van der Waals surface area contributed by atoms with Gasteiger partial charge in [-0.05, 0) is 50.1 Å². The summed E-state index contributed by atoms with van der Waals surface area (Å²) in [5, 5.41) is 7.21. The number of carbonyl (C=O) groups excluding carboxylic acids is 2. The molecular weight excluding hydrogens is 422 g/mol. The Kier molecular flexibility index (Phi) is 6.44. The highest BCUT2D eigenvalue weighted by molar-refractivity contribution is 6.10. The number of hydrogen-bond acceptors (Lipinski definition) is 6. The minimum Gasteiger partial charge on any atom is -0.497 e. The molecule has 0 aliphatic heterocycles. The molecule has 0 unspecified atom stereocenters. The molecule has 1 aliphatic rings. The Bertz CT molecular complexity index is 1230. The van der Waals surface area contributed by atoms with Gasteiger partial charge < -0.3 is 19.2 Å². The molecule has 0 radical (unpaired) electrons. The number of carbonyl (C=O) groups is 2. The van der Waals surface area contributed by atoms with Crippen LogP contribution in [-0.4, -0.2) is 31.7 Å². The fourth-order valence-corrected chi connectivity index (χ4v) is 3.87. The number of furan rings is 1. The Morgan fingerprint density at radius 3 is 2.61 bits per heavy atom. The lowest BCUT2D eigenvalue weighted by molar-refractivity contribution is 0.0953. The average Bonchev–Trinajstić information content (AvgIpc) is 3.20. The van der Waals surface area contributed by atoms with Gasteiger partial charge >= 0.3 is 0 Å². The van der Waals surface area contributed by atoms with Crippen LogP contribution in [0.25, 0.3) is 0 Å². The second-order valence-electron chi connectivity index (χ2n) is 7.59. The smallest absolute Gasteiger partial charge is 0.291 e. The van der Waals surface area contributed by atoms with Crippen molar-refractivity contribution in [2.75, 3.05) is 19.5 Å². The maximum absolute atomic E-state index is 13.0. The molecule has 2 amide bonds. The molecule has 0 spiro atoms. The highest BCUT2D eigenvalue weighted by Crippen LogP contribution is 2.31. The summed E-state index contributed by atoms with van der Waals surface area (Å²) in [4.78, 5) is 25.5. The number of rotatable bonds is 6. The van der Waals surface area contributed by atoms with Gasteiger partial charge in [-0.2, -0.15) is 5.10 Å². The Balaban J connectivity index is 1.57. The third-order valence-electron chi connectivity index (χ3n) is 5.51. The van der Waals surface area contributed by atoms with Crippen LogP contribution in [0.2, 0.25) is 0 Å². The number of hydrogen-bond donors (Lipinski definition) is 2. The summed E-state index contributed by atoms with van der Waals surface area (Å²) in [6.45, 7) is 1.82. The van der Waals surface area contributed by atoms with Gasteiger partial charge in [-0.3, -0.25) is 9.59 Å². The van der Waals surface area contributed by atoms with E-state index >= 15 is 0 Å². The van der Waals surface area contributed by atoms with Crippen molar-refractivity contribution in [2.45, 2.75) is 26.2 Å². The normalized spacial score (nSPS) is 13.8. The lowest BCUT2D eigenvalue weighted by Gasteiger charge is -2.13. The molecule has 2 N–H and O–H groups in total. The number of ether oxygens (including phenoxy) is 2. The van der Waals surface area contributed by atoms with E-state index < -0.39 is 0 Å². The lowest BCUT2D eigenvalue weighted by Crippen LogP contribution is -2.22. The van der Waals surface area contributed by atoms with E-state index in [1.807, 2.05) is 19.1 Å². The standard InChI is InChI=1S/C25H25N3O5/c1-15-22-19(27-28-24(29)16-8-6-9-17(14-16)31-2)11-7-13-21(22)33-23(15)25(30)26-18-10-4-5-12-20(18)32-3/h4-6,8-10,12,14H,7,11,13H2,1-3H3,(H,26,30)(H,28,29)/b27-19+. The van der Waals surface area contributed by atoms with Crippen LogP contribution in [0.15, 0.2) is 58.0 Å². The summed E-state index contributed by atoms with van der Waals surface area (Å²) in [5.41, 5.74) is 5.76. The summed E-state index contributed by atoms with van der Waals surface area (Å²) in [6.07, 6.45) is 2.17. The van der Waals surface area contributed by atoms with E-state index in [2.05, 4.69) is 15.8 Å². The van der Waals surface area contributed by atoms with Gasteiger partial charge in [-0.1, -0.05) is 18.2 Å². The van der Waals surface area contributed by atoms with Crippen LogP contribution in [0.3, 0.4) is 0 Å². The van der Waals surface area contributed by atoms with Crippen molar-refractivity contribution in [1.82, 2.24) is 5.43 Å². The second kappa shape index (κ2) is 9.60. The molecule has 1 heterocycles. The molecular formula is C25H25N3O5. The Hall–Kier alpha value is -4.07. The zero-order chi connectivity index (χ0) is 23.4. The van der Waals surface area contributed by atoms with E-state index in [1.54, 1.807) is 50.6 Å². The topological polar surface area (TPSA) is 102 Å². The molecule has 0 saturated heterocycles. The Labute approximate surface area is 191 Å². The third-order valence-corrected chi connectivity index (χ3v) is 5.51. The third kappa shape index (κ3) is 4.59. The number of aryl methyl sites for hydroxylation is 1. The fraction of sp³-hybridized carbons (Fsp3) is 0.240. The van der Waals surface area contributed by atoms with Crippen LogP contribution in [0.5, 0.6) is 11.5 Å². The van der Waals surface area contributed by atoms with Gasteiger partial charge in [0.05, 0.1) is 25.6 Å². The largest absolute Gasteiger partial charge is 0.497 e. The van der Waals surface area contributed by atoms with Gasteiger partial charge in [0.1, 0.15) is 17.3 Å². The number of hydrazone groups is 1. The highest BCUT2D eigenvalue weighted by Gasteiger charge is 2.28. The molecule has 0 atom stereocenters. The van der Waals surface area contributed by atoms with Crippen molar-refractivity contribution in [3.63, 3.8) is 0 Å². The van der Waals surface area contributed by atoms with Crippen molar-refractivity contribution in [1.29, 1.82) is 0 Å². The van der Waals surface area contributed by atoms with Gasteiger partial charge in [0.15, 0.2) is 5.76 Å². The molecule has 170 valence electrons. The molecule has 8 heteroatoms. The van der Waals surface area contributed by atoms with Crippen LogP contribution in [0.1, 0.15) is 50.6 Å². The number of amides is 2. The van der Waals surface area contributed by atoms with Crippen LogP contribution in [-0.2, 0) is 6.42 Å². The van der Waals surface area contributed by atoms with Gasteiger partial charge in [0, 0.05) is 23.1 Å². The first-order valence-electron chi connectivity index (χ1n) is 10.6. The first-order chi connectivity index (χ1) is 16.0. The van der Waals surface area contributed by atoms with Crippen LogP contribution in [0, 0.1) is 6.92 Å². The van der Waals surface area contributed by atoms with Crippen molar-refractivity contribution >= 4 is 23.2 Å². The summed E-state index contributed by atoms with van der Waals surface area (Å²) in [5.74, 6) is 1.35. The number of fused-ring (bicyclic) bond motifs is 1. The van der Waals surface area contributed by atoms with Crippen molar-refractivity contribution in [3.05, 3.63) is 76.7 Å². The molecule has 4 rings (SSSR count). The molecule has 1 aromatic heterocycles. The zero-order valence-electron chi connectivity index (χ0n) is 18.7. The molecule has 1 aliphatic carbocycles. The second-order valence-corrected chi connectivity index (χ2v) is 7.59. The van der Waals surface area contributed by atoms with E-state index in [0.29, 0.717) is 52.6 Å². The van der Waals surface area contributed by atoms with E-state index in [1.165, 1.54) is 0 Å². The average molecular weight is 447 g/mol. The van der Waals surface area contributed by atoms with E-state index in [9.17, 15) is 9.59 Å². The number of anilines is 1. The molecule has 0 fully saturated rings. The quantitative estimate of drug-likeness (QED) is 0.548. The van der Waals surface area contributed by atoms with Crippen molar-refractivity contribution in [2.24, 2.45) is 5.10 Å². The van der Waals surface area contributed by atoms with Gasteiger partial charge in [-0.15, -0.1) is 0 Å². The monoisotopic (exact) mass is 447 g/mol.